The topological polar surface area (TPSA) is 86.3 Å². The number of alkyl halides is 3. The number of halogens is 5. The van der Waals surface area contributed by atoms with Crippen molar-refractivity contribution in [3.8, 4) is 5.75 Å². The Hall–Kier alpha value is -3.28. The first-order chi connectivity index (χ1) is 15.9. The van der Waals surface area contributed by atoms with Crippen LogP contribution >= 0.6 is 0 Å². The number of imidazole rings is 1. The average molecular weight is 485 g/mol. The molecule has 0 radical (unpaired) electrons. The molecule has 34 heavy (non-hydrogen) atoms. The van der Waals surface area contributed by atoms with Crippen molar-refractivity contribution in [2.45, 2.75) is 37.6 Å². The molecule has 2 aromatic heterocycles. The molecule has 7 nitrogen and oxygen atoms in total. The van der Waals surface area contributed by atoms with Crippen molar-refractivity contribution >= 4 is 17.0 Å². The molecule has 182 valence electrons. The lowest BCUT2D eigenvalue weighted by Crippen LogP contribution is -2.46. The molecule has 4 atom stereocenters. The normalized spacial score (nSPS) is 25.0. The van der Waals surface area contributed by atoms with Crippen LogP contribution in [0, 0.1) is 17.6 Å². The summed E-state index contributed by atoms with van der Waals surface area (Å²) in [5.74, 6) is -6.11. The predicted octanol–water partition coefficient (Wildman–Crippen LogP) is 4.84. The van der Waals surface area contributed by atoms with Gasteiger partial charge in [0.15, 0.2) is 22.9 Å². The fourth-order valence-corrected chi connectivity index (χ4v) is 4.33. The molecule has 1 fully saturated rings. The fraction of sp³-hybridized carbons (Fsp3) is 0.409. The van der Waals surface area contributed by atoms with Gasteiger partial charge in [0.05, 0.1) is 31.4 Å². The maximum absolute atomic E-state index is 14.5. The van der Waals surface area contributed by atoms with E-state index in [2.05, 4.69) is 19.7 Å². The predicted molar refractivity (Wildman–Crippen MR) is 108 cm³/mol. The first-order valence-corrected chi connectivity index (χ1v) is 10.1. The van der Waals surface area contributed by atoms with E-state index in [1.165, 1.54) is 32.4 Å². The van der Waals surface area contributed by atoms with E-state index < -0.39 is 53.1 Å². The summed E-state index contributed by atoms with van der Waals surface area (Å²) in [7, 11) is 2.27. The van der Waals surface area contributed by atoms with Crippen LogP contribution in [-0.4, -0.2) is 46.9 Å². The number of esters is 1. The summed E-state index contributed by atoms with van der Waals surface area (Å²) in [5, 5.41) is 0. The van der Waals surface area contributed by atoms with Gasteiger partial charge in [-0.15, -0.1) is 0 Å². The van der Waals surface area contributed by atoms with Crippen LogP contribution in [0.2, 0.25) is 0 Å². The fourth-order valence-electron chi connectivity index (χ4n) is 4.33. The third kappa shape index (κ3) is 3.56. The van der Waals surface area contributed by atoms with Crippen LogP contribution in [0.3, 0.4) is 0 Å². The third-order valence-corrected chi connectivity index (χ3v) is 6.36. The average Bonchev–Trinajstić information content (AvgIpc) is 3.33. The highest BCUT2D eigenvalue weighted by Gasteiger charge is 2.65. The Morgan fingerprint density at radius 2 is 1.94 bits per heavy atom. The lowest BCUT2D eigenvalue weighted by Gasteiger charge is -2.32. The molecule has 1 N–H and O–H groups in total. The molecule has 1 aromatic carbocycles. The second kappa shape index (κ2) is 8.19. The molecule has 0 spiro atoms. The SMILES string of the molecule is COC(=O)c1cc2nc([C@@H]3O[C@@](C)(C(F)(F)F)[C@@H](C)C3c3ccc(F)c(F)c3OC)[nH]c2cn1. The van der Waals surface area contributed by atoms with Gasteiger partial charge in [-0.1, -0.05) is 13.0 Å². The molecule has 0 aliphatic carbocycles. The van der Waals surface area contributed by atoms with E-state index in [4.69, 9.17) is 9.47 Å². The van der Waals surface area contributed by atoms with Crippen molar-refractivity contribution in [3.63, 3.8) is 0 Å². The lowest BCUT2D eigenvalue weighted by atomic mass is 9.77. The number of methoxy groups -OCH3 is 2. The molecule has 1 aliphatic rings. The highest BCUT2D eigenvalue weighted by Crippen LogP contribution is 2.59. The number of aromatic nitrogens is 3. The van der Waals surface area contributed by atoms with Crippen LogP contribution in [0.25, 0.3) is 11.0 Å². The van der Waals surface area contributed by atoms with Crippen LogP contribution in [0.5, 0.6) is 5.75 Å². The quantitative estimate of drug-likeness (QED) is 0.420. The van der Waals surface area contributed by atoms with Gasteiger partial charge in [-0.3, -0.25) is 0 Å². The largest absolute Gasteiger partial charge is 0.493 e. The number of pyridine rings is 1. The minimum atomic E-state index is -4.78. The Labute approximate surface area is 190 Å². The Bertz CT molecular complexity index is 1260. The van der Waals surface area contributed by atoms with Crippen molar-refractivity contribution in [3.05, 3.63) is 53.1 Å². The number of fused-ring (bicyclic) bond motifs is 1. The van der Waals surface area contributed by atoms with Crippen LogP contribution in [0.15, 0.2) is 24.4 Å². The number of carbonyl (C=O) groups excluding carboxylic acids is 1. The van der Waals surface area contributed by atoms with Crippen molar-refractivity contribution in [2.75, 3.05) is 14.2 Å². The number of H-pyrrole nitrogens is 1. The molecule has 0 amide bonds. The summed E-state index contributed by atoms with van der Waals surface area (Å²) in [6.45, 7) is 2.22. The molecule has 0 saturated carbocycles. The maximum atomic E-state index is 14.5. The zero-order valence-electron chi connectivity index (χ0n) is 18.5. The standard InChI is InChI=1S/C22H20F5N3O4/c1-9-15(10-5-6-11(23)16(24)17(10)32-3)18(34-21(9,2)22(25,26)27)19-29-12-7-13(20(31)33-4)28-8-14(12)30-19/h5-9,15,18H,1-4H3,(H,29,30)/t9-,15?,18+,21+/m0/s1. The third-order valence-electron chi connectivity index (χ3n) is 6.36. The Morgan fingerprint density at radius 1 is 1.24 bits per heavy atom. The van der Waals surface area contributed by atoms with Crippen LogP contribution in [0.4, 0.5) is 22.0 Å². The highest BCUT2D eigenvalue weighted by atomic mass is 19.4. The van der Waals surface area contributed by atoms with E-state index in [9.17, 15) is 26.7 Å². The van der Waals surface area contributed by atoms with E-state index in [0.717, 1.165) is 20.1 Å². The van der Waals surface area contributed by atoms with E-state index in [-0.39, 0.29) is 22.6 Å². The Balaban J connectivity index is 1.89. The maximum Gasteiger partial charge on any atom is 0.417 e. The molecule has 1 saturated heterocycles. The molecule has 3 aromatic rings. The van der Waals surface area contributed by atoms with Crippen LogP contribution in [-0.2, 0) is 9.47 Å². The number of rotatable bonds is 4. The number of ether oxygens (including phenoxy) is 3. The smallest absolute Gasteiger partial charge is 0.417 e. The zero-order chi connectivity index (χ0) is 25.0. The summed E-state index contributed by atoms with van der Waals surface area (Å²) in [6.07, 6.45) is -4.84. The number of nitrogens with one attached hydrogen (secondary N) is 1. The van der Waals surface area contributed by atoms with Gasteiger partial charge in [0, 0.05) is 17.4 Å². The van der Waals surface area contributed by atoms with Gasteiger partial charge in [-0.2, -0.15) is 17.6 Å². The molecular formula is C22H20F5N3O4. The van der Waals surface area contributed by atoms with Crippen molar-refractivity contribution in [1.82, 2.24) is 15.0 Å². The van der Waals surface area contributed by atoms with Gasteiger partial charge >= 0.3 is 12.1 Å². The van der Waals surface area contributed by atoms with Crippen LogP contribution in [0.1, 0.15) is 47.7 Å². The molecule has 0 bridgehead atoms. The van der Waals surface area contributed by atoms with Gasteiger partial charge in [-0.05, 0) is 19.1 Å². The number of hydrogen-bond donors (Lipinski definition) is 1. The lowest BCUT2D eigenvalue weighted by molar-refractivity contribution is -0.275. The first-order valence-electron chi connectivity index (χ1n) is 10.1. The van der Waals surface area contributed by atoms with Gasteiger partial charge in [0.25, 0.3) is 0 Å². The summed E-state index contributed by atoms with van der Waals surface area (Å²) in [6, 6.07) is 3.32. The molecule has 1 aliphatic heterocycles. The van der Waals surface area contributed by atoms with E-state index in [0.29, 0.717) is 5.52 Å². The van der Waals surface area contributed by atoms with Gasteiger partial charge in [0.2, 0.25) is 5.82 Å². The monoisotopic (exact) mass is 485 g/mol. The van der Waals surface area contributed by atoms with E-state index in [1.807, 2.05) is 0 Å². The second-order valence-electron chi connectivity index (χ2n) is 8.14. The number of hydrogen-bond acceptors (Lipinski definition) is 6. The number of benzene rings is 1. The van der Waals surface area contributed by atoms with Gasteiger partial charge < -0.3 is 19.2 Å². The summed E-state index contributed by atoms with van der Waals surface area (Å²) in [4.78, 5) is 22.9. The zero-order valence-corrected chi connectivity index (χ0v) is 18.5. The highest BCUT2D eigenvalue weighted by molar-refractivity contribution is 5.91. The molecule has 1 unspecified atom stereocenters. The Morgan fingerprint density at radius 3 is 2.56 bits per heavy atom. The summed E-state index contributed by atoms with van der Waals surface area (Å²) < 4.78 is 85.8. The van der Waals surface area contributed by atoms with E-state index in [1.54, 1.807) is 0 Å². The van der Waals surface area contributed by atoms with Crippen molar-refractivity contribution in [2.24, 2.45) is 5.92 Å². The summed E-state index contributed by atoms with van der Waals surface area (Å²) >= 11 is 0. The minimum absolute atomic E-state index is 0.000654. The first kappa shape index (κ1) is 23.9. The number of nitrogens with zero attached hydrogens (tertiary/aromatic N) is 2. The van der Waals surface area contributed by atoms with Gasteiger partial charge in [0.1, 0.15) is 11.9 Å². The molecule has 4 rings (SSSR count). The number of aromatic amines is 1. The molecule has 12 heteroatoms. The minimum Gasteiger partial charge on any atom is -0.493 e. The second-order valence-corrected chi connectivity index (χ2v) is 8.14. The van der Waals surface area contributed by atoms with Crippen LogP contribution < -0.4 is 4.74 Å². The molecule has 3 heterocycles. The van der Waals surface area contributed by atoms with Crippen molar-refractivity contribution < 1.29 is 41.0 Å². The van der Waals surface area contributed by atoms with Gasteiger partial charge in [-0.25, -0.2) is 19.2 Å². The summed E-state index contributed by atoms with van der Waals surface area (Å²) in [5.41, 5.74) is -2.12. The van der Waals surface area contributed by atoms with Crippen molar-refractivity contribution in [1.29, 1.82) is 0 Å². The molecular weight excluding hydrogens is 465 g/mol. The van der Waals surface area contributed by atoms with E-state index >= 15 is 0 Å². The number of carbonyl (C=O) groups is 1. The Kier molecular flexibility index (Phi) is 5.75.